The summed E-state index contributed by atoms with van der Waals surface area (Å²) in [5, 5.41) is 11.9. The first kappa shape index (κ1) is 10.8. The molecule has 0 unspecified atom stereocenters. The van der Waals surface area contributed by atoms with Gasteiger partial charge in [0.1, 0.15) is 5.84 Å². The van der Waals surface area contributed by atoms with Crippen LogP contribution in [0.2, 0.25) is 0 Å². The third-order valence-electron chi connectivity index (χ3n) is 2.08. The molecule has 0 saturated carbocycles. The van der Waals surface area contributed by atoms with Gasteiger partial charge in [-0.25, -0.2) is 0 Å². The van der Waals surface area contributed by atoms with Gasteiger partial charge in [-0.15, -0.1) is 0 Å². The van der Waals surface area contributed by atoms with E-state index in [9.17, 15) is 0 Å². The molecular formula is C10H18N4. The monoisotopic (exact) mass is 194 g/mol. The standard InChI is InChI=1S/C10H18N4/c1-4-5-14-6-8(10(11)12)9(13-14)7(2)3/h6-7H,4-5H2,1-3H3,(H3,11,12). The van der Waals surface area contributed by atoms with E-state index in [4.69, 9.17) is 11.1 Å². The molecule has 0 aliphatic carbocycles. The summed E-state index contributed by atoms with van der Waals surface area (Å²) in [6.07, 6.45) is 2.90. The molecule has 4 nitrogen and oxygen atoms in total. The smallest absolute Gasteiger partial charge is 0.126 e. The molecule has 0 bridgehead atoms. The third kappa shape index (κ3) is 2.13. The van der Waals surface area contributed by atoms with Crippen molar-refractivity contribution >= 4 is 5.84 Å². The van der Waals surface area contributed by atoms with Crippen molar-refractivity contribution in [2.45, 2.75) is 39.7 Å². The minimum absolute atomic E-state index is 0.107. The van der Waals surface area contributed by atoms with Crippen molar-refractivity contribution in [2.75, 3.05) is 0 Å². The highest BCUT2D eigenvalue weighted by Gasteiger charge is 2.13. The molecule has 0 fully saturated rings. The molecule has 1 rings (SSSR count). The van der Waals surface area contributed by atoms with Gasteiger partial charge in [0.2, 0.25) is 0 Å². The van der Waals surface area contributed by atoms with Crippen LogP contribution in [0.5, 0.6) is 0 Å². The molecular weight excluding hydrogens is 176 g/mol. The van der Waals surface area contributed by atoms with Gasteiger partial charge < -0.3 is 5.73 Å². The number of hydrogen-bond acceptors (Lipinski definition) is 2. The maximum absolute atomic E-state index is 7.44. The normalized spacial score (nSPS) is 10.9. The van der Waals surface area contributed by atoms with Gasteiger partial charge in [0.05, 0.1) is 11.3 Å². The van der Waals surface area contributed by atoms with Crippen LogP contribution in [0.25, 0.3) is 0 Å². The fourth-order valence-electron chi connectivity index (χ4n) is 1.41. The van der Waals surface area contributed by atoms with Crippen LogP contribution in [0.4, 0.5) is 0 Å². The summed E-state index contributed by atoms with van der Waals surface area (Å²) in [5.74, 6) is 0.419. The first-order chi connectivity index (χ1) is 6.56. The summed E-state index contributed by atoms with van der Waals surface area (Å²) >= 11 is 0. The number of amidine groups is 1. The van der Waals surface area contributed by atoms with Crippen LogP contribution >= 0.6 is 0 Å². The molecule has 0 amide bonds. The highest BCUT2D eigenvalue weighted by molar-refractivity contribution is 5.95. The van der Waals surface area contributed by atoms with E-state index in [2.05, 4.69) is 25.9 Å². The van der Waals surface area contributed by atoms with E-state index in [0.29, 0.717) is 5.92 Å². The van der Waals surface area contributed by atoms with Crippen LogP contribution in [0.3, 0.4) is 0 Å². The molecule has 1 heterocycles. The van der Waals surface area contributed by atoms with Crippen LogP contribution < -0.4 is 5.73 Å². The fraction of sp³-hybridized carbons (Fsp3) is 0.600. The largest absolute Gasteiger partial charge is 0.384 e. The van der Waals surface area contributed by atoms with E-state index in [1.54, 1.807) is 0 Å². The van der Waals surface area contributed by atoms with Crippen molar-refractivity contribution in [3.05, 3.63) is 17.5 Å². The van der Waals surface area contributed by atoms with Gasteiger partial charge in [-0.1, -0.05) is 20.8 Å². The molecule has 0 saturated heterocycles. The van der Waals surface area contributed by atoms with Gasteiger partial charge in [0, 0.05) is 12.7 Å². The number of rotatable bonds is 4. The Morgan fingerprint density at radius 1 is 1.64 bits per heavy atom. The molecule has 3 N–H and O–H groups in total. The van der Waals surface area contributed by atoms with E-state index in [1.807, 2.05) is 10.9 Å². The van der Waals surface area contributed by atoms with E-state index < -0.39 is 0 Å². The lowest BCUT2D eigenvalue weighted by Gasteiger charge is -2.02. The van der Waals surface area contributed by atoms with E-state index >= 15 is 0 Å². The molecule has 78 valence electrons. The lowest BCUT2D eigenvalue weighted by atomic mass is 10.1. The average Bonchev–Trinajstić information content (AvgIpc) is 2.49. The van der Waals surface area contributed by atoms with Gasteiger partial charge in [-0.3, -0.25) is 10.1 Å². The SMILES string of the molecule is CCCn1cc(C(=N)N)c(C(C)C)n1. The molecule has 4 heteroatoms. The number of nitrogens with zero attached hydrogens (tertiary/aromatic N) is 2. The van der Waals surface area contributed by atoms with Gasteiger partial charge in [-0.2, -0.15) is 5.10 Å². The molecule has 0 aromatic carbocycles. The second kappa shape index (κ2) is 4.26. The van der Waals surface area contributed by atoms with Crippen LogP contribution in [0.15, 0.2) is 6.20 Å². The van der Waals surface area contributed by atoms with Crippen LogP contribution in [-0.2, 0) is 6.54 Å². The van der Waals surface area contributed by atoms with Crippen LogP contribution in [0.1, 0.15) is 44.4 Å². The Morgan fingerprint density at radius 2 is 2.29 bits per heavy atom. The van der Waals surface area contributed by atoms with E-state index in [0.717, 1.165) is 24.2 Å². The van der Waals surface area contributed by atoms with Crippen molar-refractivity contribution in [2.24, 2.45) is 5.73 Å². The number of aryl methyl sites for hydroxylation is 1. The van der Waals surface area contributed by atoms with Crippen molar-refractivity contribution in [1.29, 1.82) is 5.41 Å². The second-order valence-corrected chi connectivity index (χ2v) is 3.76. The first-order valence-electron chi connectivity index (χ1n) is 4.98. The summed E-state index contributed by atoms with van der Waals surface area (Å²) in [7, 11) is 0. The van der Waals surface area contributed by atoms with Gasteiger partial charge in [-0.05, 0) is 12.3 Å². The average molecular weight is 194 g/mol. The maximum atomic E-state index is 7.44. The third-order valence-corrected chi connectivity index (χ3v) is 2.08. The highest BCUT2D eigenvalue weighted by atomic mass is 15.3. The highest BCUT2D eigenvalue weighted by Crippen LogP contribution is 2.17. The topological polar surface area (TPSA) is 67.7 Å². The summed E-state index contributed by atoms with van der Waals surface area (Å²) in [4.78, 5) is 0. The lowest BCUT2D eigenvalue weighted by Crippen LogP contribution is -2.13. The quantitative estimate of drug-likeness (QED) is 0.566. The fourth-order valence-corrected chi connectivity index (χ4v) is 1.41. The number of nitrogens with one attached hydrogen (secondary N) is 1. The van der Waals surface area contributed by atoms with Gasteiger partial charge in [0.25, 0.3) is 0 Å². The van der Waals surface area contributed by atoms with Gasteiger partial charge in [0.15, 0.2) is 0 Å². The predicted octanol–water partition coefficient (Wildman–Crippen LogP) is 1.70. The molecule has 0 radical (unpaired) electrons. The van der Waals surface area contributed by atoms with E-state index in [-0.39, 0.29) is 5.84 Å². The Kier molecular flexibility index (Phi) is 3.28. The predicted molar refractivity (Wildman–Crippen MR) is 57.6 cm³/mol. The molecule has 1 aromatic rings. The summed E-state index contributed by atoms with van der Waals surface area (Å²) in [6.45, 7) is 7.10. The van der Waals surface area contributed by atoms with Gasteiger partial charge >= 0.3 is 0 Å². The summed E-state index contributed by atoms with van der Waals surface area (Å²) < 4.78 is 1.87. The van der Waals surface area contributed by atoms with E-state index in [1.165, 1.54) is 0 Å². The zero-order valence-electron chi connectivity index (χ0n) is 9.04. The molecule has 1 aromatic heterocycles. The lowest BCUT2D eigenvalue weighted by molar-refractivity contribution is 0.588. The number of nitrogen functional groups attached to an aromatic ring is 1. The minimum atomic E-state index is 0.107. The van der Waals surface area contributed by atoms with Crippen LogP contribution in [0, 0.1) is 5.41 Å². The Morgan fingerprint density at radius 3 is 2.64 bits per heavy atom. The zero-order chi connectivity index (χ0) is 10.7. The Bertz CT molecular complexity index is 325. The Hall–Kier alpha value is -1.32. The number of aromatic nitrogens is 2. The van der Waals surface area contributed by atoms with Crippen molar-refractivity contribution in [3.8, 4) is 0 Å². The molecule has 0 aliphatic rings. The maximum Gasteiger partial charge on any atom is 0.126 e. The first-order valence-corrected chi connectivity index (χ1v) is 4.98. The Labute approximate surface area is 84.6 Å². The van der Waals surface area contributed by atoms with Crippen molar-refractivity contribution in [3.63, 3.8) is 0 Å². The molecule has 14 heavy (non-hydrogen) atoms. The van der Waals surface area contributed by atoms with Crippen molar-refractivity contribution in [1.82, 2.24) is 9.78 Å². The minimum Gasteiger partial charge on any atom is -0.384 e. The summed E-state index contributed by atoms with van der Waals surface area (Å²) in [5.41, 5.74) is 7.19. The Balaban J connectivity index is 3.06. The number of nitrogens with two attached hydrogens (primary N) is 1. The zero-order valence-corrected chi connectivity index (χ0v) is 9.04. The molecule has 0 atom stereocenters. The molecule has 0 spiro atoms. The van der Waals surface area contributed by atoms with Crippen molar-refractivity contribution < 1.29 is 0 Å². The second-order valence-electron chi connectivity index (χ2n) is 3.76. The summed E-state index contributed by atoms with van der Waals surface area (Å²) in [6, 6.07) is 0. The van der Waals surface area contributed by atoms with Crippen LogP contribution in [-0.4, -0.2) is 15.6 Å². The number of hydrogen-bond donors (Lipinski definition) is 2. The molecule has 0 aliphatic heterocycles.